The summed E-state index contributed by atoms with van der Waals surface area (Å²) in [5.74, 6) is 1.38. The summed E-state index contributed by atoms with van der Waals surface area (Å²) < 4.78 is 5.69. The molecule has 0 unspecified atom stereocenters. The Bertz CT molecular complexity index is 472. The maximum Gasteiger partial charge on any atom is 0.248 e. The molecule has 0 spiro atoms. The summed E-state index contributed by atoms with van der Waals surface area (Å²) in [6, 6.07) is 7.88. The molecule has 0 aromatic heterocycles. The van der Waals surface area contributed by atoms with Crippen LogP contribution in [0.2, 0.25) is 0 Å². The summed E-state index contributed by atoms with van der Waals surface area (Å²) in [6.45, 7) is 3.16. The molecular formula is C16H22N2O2. The fourth-order valence-corrected chi connectivity index (χ4v) is 3.44. The fourth-order valence-electron chi connectivity index (χ4n) is 3.44. The van der Waals surface area contributed by atoms with Crippen LogP contribution in [0.1, 0.15) is 36.0 Å². The molecule has 1 aromatic rings. The summed E-state index contributed by atoms with van der Waals surface area (Å²) in [4.78, 5) is 13.5. The minimum atomic E-state index is -0.402. The lowest BCUT2D eigenvalue weighted by Crippen LogP contribution is -2.53. The van der Waals surface area contributed by atoms with Crippen molar-refractivity contribution < 1.29 is 9.53 Å². The Morgan fingerprint density at radius 3 is 2.80 bits per heavy atom. The number of rotatable bonds is 6. The average molecular weight is 274 g/mol. The van der Waals surface area contributed by atoms with E-state index in [1.165, 1.54) is 25.8 Å². The van der Waals surface area contributed by atoms with Crippen LogP contribution in [0.4, 0.5) is 0 Å². The molecule has 1 heterocycles. The van der Waals surface area contributed by atoms with Crippen molar-refractivity contribution in [1.82, 2.24) is 4.90 Å². The topological polar surface area (TPSA) is 55.6 Å². The number of hydrogen-bond acceptors (Lipinski definition) is 3. The quantitative estimate of drug-likeness (QED) is 0.808. The van der Waals surface area contributed by atoms with Crippen LogP contribution in [0.25, 0.3) is 0 Å². The largest absolute Gasteiger partial charge is 0.494 e. The molecular weight excluding hydrogens is 252 g/mol. The number of likely N-dealkylation sites (tertiary alicyclic amines) is 1. The minimum Gasteiger partial charge on any atom is -0.494 e. The molecule has 108 valence electrons. The van der Waals surface area contributed by atoms with Gasteiger partial charge in [0.25, 0.3) is 0 Å². The van der Waals surface area contributed by atoms with Gasteiger partial charge in [0, 0.05) is 24.7 Å². The molecule has 3 rings (SSSR count). The second kappa shape index (κ2) is 5.83. The average Bonchev–Trinajstić information content (AvgIpc) is 2.80. The van der Waals surface area contributed by atoms with Gasteiger partial charge in [0.05, 0.1) is 6.61 Å². The number of carbonyl (C=O) groups excluding carboxylic acids is 1. The Morgan fingerprint density at radius 2 is 2.10 bits per heavy atom. The normalized spacial score (nSPS) is 25.0. The zero-order valence-electron chi connectivity index (χ0n) is 11.8. The molecule has 4 nitrogen and oxygen atoms in total. The van der Waals surface area contributed by atoms with E-state index in [0.29, 0.717) is 5.56 Å². The maximum atomic E-state index is 11.0. The Morgan fingerprint density at radius 1 is 1.30 bits per heavy atom. The Hall–Kier alpha value is -1.55. The van der Waals surface area contributed by atoms with Gasteiger partial charge in [-0.1, -0.05) is 6.42 Å². The van der Waals surface area contributed by atoms with E-state index < -0.39 is 5.91 Å². The highest BCUT2D eigenvalue weighted by Gasteiger charge is 2.41. The smallest absolute Gasteiger partial charge is 0.248 e. The van der Waals surface area contributed by atoms with Gasteiger partial charge in [0.1, 0.15) is 5.75 Å². The number of primary amides is 1. The molecule has 2 fully saturated rings. The number of fused-ring (bicyclic) bond motifs is 1. The van der Waals surface area contributed by atoms with Gasteiger partial charge in [0.2, 0.25) is 5.91 Å². The van der Waals surface area contributed by atoms with Gasteiger partial charge >= 0.3 is 0 Å². The monoisotopic (exact) mass is 274 g/mol. The van der Waals surface area contributed by atoms with E-state index in [9.17, 15) is 4.79 Å². The van der Waals surface area contributed by atoms with Crippen LogP contribution in [0.3, 0.4) is 0 Å². The predicted octanol–water partition coefficient (Wildman–Crippen LogP) is 2.04. The molecule has 1 aliphatic carbocycles. The number of amides is 1. The van der Waals surface area contributed by atoms with Gasteiger partial charge in [0.15, 0.2) is 0 Å². The molecule has 0 radical (unpaired) electrons. The number of benzene rings is 1. The first-order chi connectivity index (χ1) is 9.74. The van der Waals surface area contributed by atoms with Gasteiger partial charge in [-0.05, 0) is 49.4 Å². The highest BCUT2D eigenvalue weighted by molar-refractivity contribution is 5.92. The third kappa shape index (κ3) is 2.80. The molecule has 4 heteroatoms. The predicted molar refractivity (Wildman–Crippen MR) is 77.8 cm³/mol. The van der Waals surface area contributed by atoms with Gasteiger partial charge in [-0.25, -0.2) is 0 Å². The first kappa shape index (κ1) is 13.4. The summed E-state index contributed by atoms with van der Waals surface area (Å²) >= 11 is 0. The van der Waals surface area contributed by atoms with Crippen LogP contribution < -0.4 is 10.5 Å². The van der Waals surface area contributed by atoms with Crippen LogP contribution in [-0.4, -0.2) is 36.5 Å². The Kier molecular flexibility index (Phi) is 3.92. The molecule has 1 saturated carbocycles. The van der Waals surface area contributed by atoms with Crippen molar-refractivity contribution >= 4 is 5.91 Å². The molecule has 20 heavy (non-hydrogen) atoms. The van der Waals surface area contributed by atoms with Crippen LogP contribution in [0.15, 0.2) is 24.3 Å². The van der Waals surface area contributed by atoms with E-state index in [-0.39, 0.29) is 0 Å². The Labute approximate surface area is 119 Å². The van der Waals surface area contributed by atoms with Crippen molar-refractivity contribution in [1.29, 1.82) is 0 Å². The zero-order valence-corrected chi connectivity index (χ0v) is 11.8. The number of carbonyl (C=O) groups is 1. The fraction of sp³-hybridized carbons (Fsp3) is 0.562. The first-order valence-corrected chi connectivity index (χ1v) is 7.51. The van der Waals surface area contributed by atoms with Crippen molar-refractivity contribution in [3.05, 3.63) is 29.8 Å². The van der Waals surface area contributed by atoms with Crippen molar-refractivity contribution in [2.75, 3.05) is 19.7 Å². The van der Waals surface area contributed by atoms with Crippen molar-refractivity contribution in [3.63, 3.8) is 0 Å². The summed E-state index contributed by atoms with van der Waals surface area (Å²) in [7, 11) is 0. The second-order valence-corrected chi connectivity index (χ2v) is 5.84. The van der Waals surface area contributed by atoms with Crippen LogP contribution in [0, 0.1) is 5.92 Å². The lowest BCUT2D eigenvalue weighted by molar-refractivity contribution is 0.0341. The molecule has 2 N–H and O–H groups in total. The van der Waals surface area contributed by atoms with Gasteiger partial charge < -0.3 is 10.5 Å². The lowest BCUT2D eigenvalue weighted by atomic mass is 9.92. The van der Waals surface area contributed by atoms with E-state index in [0.717, 1.165) is 37.3 Å². The second-order valence-electron chi connectivity index (χ2n) is 5.84. The summed E-state index contributed by atoms with van der Waals surface area (Å²) in [6.07, 6.45) is 5.29. The van der Waals surface area contributed by atoms with E-state index in [2.05, 4.69) is 4.90 Å². The van der Waals surface area contributed by atoms with E-state index in [4.69, 9.17) is 10.5 Å². The van der Waals surface area contributed by atoms with Gasteiger partial charge in [-0.3, -0.25) is 9.69 Å². The van der Waals surface area contributed by atoms with Crippen molar-refractivity contribution in [3.8, 4) is 5.75 Å². The van der Waals surface area contributed by atoms with Crippen LogP contribution in [-0.2, 0) is 0 Å². The van der Waals surface area contributed by atoms with Crippen LogP contribution in [0.5, 0.6) is 5.75 Å². The highest BCUT2D eigenvalue weighted by Crippen LogP contribution is 2.38. The van der Waals surface area contributed by atoms with Crippen molar-refractivity contribution in [2.24, 2.45) is 11.7 Å². The first-order valence-electron chi connectivity index (χ1n) is 7.51. The molecule has 1 amide bonds. The summed E-state index contributed by atoms with van der Waals surface area (Å²) in [5, 5.41) is 0. The van der Waals surface area contributed by atoms with Crippen LogP contribution >= 0.6 is 0 Å². The third-order valence-electron chi connectivity index (χ3n) is 4.55. The molecule has 2 atom stereocenters. The molecule has 2 aliphatic rings. The van der Waals surface area contributed by atoms with E-state index >= 15 is 0 Å². The van der Waals surface area contributed by atoms with Crippen molar-refractivity contribution in [2.45, 2.75) is 31.7 Å². The standard InChI is InChI=1S/C16H22N2O2/c17-16(19)12-5-7-14(8-6-12)20-10-2-9-18-11-13-3-1-4-15(13)18/h5-8,13,15H,1-4,9-11H2,(H2,17,19)/t13-,15-/m0/s1. The maximum absolute atomic E-state index is 11.0. The van der Waals surface area contributed by atoms with Gasteiger partial charge in [-0.15, -0.1) is 0 Å². The van der Waals surface area contributed by atoms with Gasteiger partial charge in [-0.2, -0.15) is 0 Å². The van der Waals surface area contributed by atoms with E-state index in [1.54, 1.807) is 24.3 Å². The lowest BCUT2D eigenvalue weighted by Gasteiger charge is -2.44. The Balaban J connectivity index is 1.36. The number of nitrogens with two attached hydrogens (primary N) is 1. The molecule has 1 aliphatic heterocycles. The summed E-state index contributed by atoms with van der Waals surface area (Å²) in [5.41, 5.74) is 5.72. The number of ether oxygens (including phenoxy) is 1. The third-order valence-corrected chi connectivity index (χ3v) is 4.55. The molecule has 0 bridgehead atoms. The molecule has 1 aromatic carbocycles. The highest BCUT2D eigenvalue weighted by atomic mass is 16.5. The number of nitrogens with zero attached hydrogens (tertiary/aromatic N) is 1. The SMILES string of the molecule is NC(=O)c1ccc(OCCCN2C[C@@H]3CCC[C@@H]32)cc1. The minimum absolute atomic E-state index is 0.402. The van der Waals surface area contributed by atoms with E-state index in [1.807, 2.05) is 0 Å². The zero-order chi connectivity index (χ0) is 13.9. The molecule has 1 saturated heterocycles. The number of hydrogen-bond donors (Lipinski definition) is 1.